The van der Waals surface area contributed by atoms with E-state index in [1.54, 1.807) is 0 Å². The molecule has 1 aliphatic heterocycles. The highest BCUT2D eigenvalue weighted by Crippen LogP contribution is 2.49. The molecular weight excluding hydrogens is 334 g/mol. The average molecular weight is 349 g/mol. The lowest BCUT2D eigenvalue weighted by molar-refractivity contribution is 0.362. The Bertz CT molecular complexity index is 1250. The summed E-state index contributed by atoms with van der Waals surface area (Å²) in [6, 6.07) is 15.0. The molecular formula is C23H15N3O. The summed E-state index contributed by atoms with van der Waals surface area (Å²) in [7, 11) is 0. The molecule has 0 N–H and O–H groups in total. The topological polar surface area (TPSA) is 47.9 Å². The van der Waals surface area contributed by atoms with E-state index in [9.17, 15) is 0 Å². The molecule has 6 rings (SSSR count). The first-order valence-electron chi connectivity index (χ1n) is 9.03. The van der Waals surface area contributed by atoms with E-state index in [1.165, 1.54) is 51.2 Å². The highest BCUT2D eigenvalue weighted by atomic mass is 16.5. The molecule has 0 bridgehead atoms. The highest BCUT2D eigenvalue weighted by Gasteiger charge is 2.27. The summed E-state index contributed by atoms with van der Waals surface area (Å²) in [5.74, 6) is 1.72. The van der Waals surface area contributed by atoms with Gasteiger partial charge in [-0.2, -0.15) is 0 Å². The van der Waals surface area contributed by atoms with Gasteiger partial charge in [-0.05, 0) is 46.2 Å². The second kappa shape index (κ2) is 5.48. The number of aromatic nitrogens is 3. The van der Waals surface area contributed by atoms with Gasteiger partial charge in [-0.1, -0.05) is 42.5 Å². The molecule has 2 heterocycles. The monoisotopic (exact) mass is 349 g/mol. The Labute approximate surface area is 156 Å². The van der Waals surface area contributed by atoms with Crippen molar-refractivity contribution in [3.05, 3.63) is 77.9 Å². The molecule has 4 aromatic rings. The maximum absolute atomic E-state index is 6.04. The predicted octanol–water partition coefficient (Wildman–Crippen LogP) is 4.67. The van der Waals surface area contributed by atoms with Gasteiger partial charge < -0.3 is 4.74 Å². The molecule has 3 aromatic carbocycles. The maximum atomic E-state index is 6.04. The van der Waals surface area contributed by atoms with Crippen LogP contribution in [0.4, 0.5) is 0 Å². The third kappa shape index (κ3) is 2.07. The van der Waals surface area contributed by atoms with Gasteiger partial charge in [0.25, 0.3) is 0 Å². The van der Waals surface area contributed by atoms with Crippen molar-refractivity contribution in [1.29, 1.82) is 0 Å². The van der Waals surface area contributed by atoms with E-state index >= 15 is 0 Å². The molecule has 0 saturated heterocycles. The van der Waals surface area contributed by atoms with Crippen molar-refractivity contribution in [3.8, 4) is 28.3 Å². The normalized spacial score (nSPS) is 13.8. The van der Waals surface area contributed by atoms with Crippen LogP contribution in [0.3, 0.4) is 0 Å². The van der Waals surface area contributed by atoms with Crippen LogP contribution < -0.4 is 4.74 Å². The fourth-order valence-corrected chi connectivity index (χ4v) is 4.30. The molecule has 128 valence electrons. The first-order valence-corrected chi connectivity index (χ1v) is 9.03. The van der Waals surface area contributed by atoms with Crippen LogP contribution in [0.2, 0.25) is 0 Å². The van der Waals surface area contributed by atoms with Crippen molar-refractivity contribution in [2.24, 2.45) is 0 Å². The smallest absolute Gasteiger partial charge is 0.162 e. The van der Waals surface area contributed by atoms with Crippen molar-refractivity contribution >= 4 is 16.8 Å². The van der Waals surface area contributed by atoms with Crippen molar-refractivity contribution in [1.82, 2.24) is 15.0 Å². The highest BCUT2D eigenvalue weighted by molar-refractivity contribution is 6.07. The number of fused-ring (bicyclic) bond motifs is 8. The molecule has 0 spiro atoms. The molecule has 0 saturated carbocycles. The lowest BCUT2D eigenvalue weighted by atomic mass is 9.92. The zero-order chi connectivity index (χ0) is 17.8. The molecule has 4 nitrogen and oxygen atoms in total. The second-order valence-corrected chi connectivity index (χ2v) is 6.87. The van der Waals surface area contributed by atoms with Crippen molar-refractivity contribution in [3.63, 3.8) is 0 Å². The Balaban J connectivity index is 1.62. The van der Waals surface area contributed by atoms with Crippen LogP contribution in [-0.4, -0.2) is 21.6 Å². The van der Waals surface area contributed by atoms with E-state index in [0.717, 1.165) is 17.7 Å². The summed E-state index contributed by atoms with van der Waals surface area (Å²) in [6.45, 7) is 0.631. The van der Waals surface area contributed by atoms with E-state index in [4.69, 9.17) is 4.74 Å². The quantitative estimate of drug-likeness (QED) is 0.441. The van der Waals surface area contributed by atoms with Crippen LogP contribution in [-0.2, 0) is 6.42 Å². The van der Waals surface area contributed by atoms with E-state index in [0.29, 0.717) is 12.4 Å². The van der Waals surface area contributed by atoms with Gasteiger partial charge in [-0.25, -0.2) is 15.0 Å². The minimum atomic E-state index is 0.631. The standard InChI is InChI=1S/C23H15N3O/c1-2-5-18-17(4-1)21-16-8-7-14(23-25-12-24-13-26-23)10-15(16)11-20(21)19-6-3-9-27-22(18)19/h1-8,10,12-13H,9,11H2. The Morgan fingerprint density at radius 2 is 1.78 bits per heavy atom. The zero-order valence-electron chi connectivity index (χ0n) is 14.5. The Morgan fingerprint density at radius 1 is 0.926 bits per heavy atom. The van der Waals surface area contributed by atoms with Crippen LogP contribution in [0.1, 0.15) is 16.7 Å². The third-order valence-corrected chi connectivity index (χ3v) is 5.41. The number of nitrogens with zero attached hydrogens (tertiary/aromatic N) is 3. The molecule has 4 heteroatoms. The minimum Gasteiger partial charge on any atom is -0.488 e. The molecule has 0 atom stereocenters. The number of ether oxygens (including phenoxy) is 1. The summed E-state index contributed by atoms with van der Waals surface area (Å²) in [5.41, 5.74) is 7.52. The molecule has 1 aromatic heterocycles. The van der Waals surface area contributed by atoms with Crippen LogP contribution in [0.15, 0.2) is 61.2 Å². The Morgan fingerprint density at radius 3 is 2.67 bits per heavy atom. The minimum absolute atomic E-state index is 0.631. The number of hydrogen-bond donors (Lipinski definition) is 0. The van der Waals surface area contributed by atoms with Gasteiger partial charge in [0.15, 0.2) is 5.82 Å². The average Bonchev–Trinajstić information content (AvgIpc) is 3.14. The fourth-order valence-electron chi connectivity index (χ4n) is 4.30. The van der Waals surface area contributed by atoms with Crippen LogP contribution in [0.5, 0.6) is 5.75 Å². The Kier molecular flexibility index (Phi) is 2.97. The van der Waals surface area contributed by atoms with Crippen molar-refractivity contribution in [2.75, 3.05) is 6.61 Å². The number of rotatable bonds is 1. The fraction of sp³-hybridized carbons (Fsp3) is 0.0870. The molecule has 0 radical (unpaired) electrons. The summed E-state index contributed by atoms with van der Waals surface area (Å²) in [6.07, 6.45) is 8.27. The molecule has 0 fully saturated rings. The Hall–Kier alpha value is -3.53. The summed E-state index contributed by atoms with van der Waals surface area (Å²) < 4.78 is 6.04. The predicted molar refractivity (Wildman–Crippen MR) is 106 cm³/mol. The van der Waals surface area contributed by atoms with Gasteiger partial charge in [0.05, 0.1) is 0 Å². The molecule has 0 amide bonds. The summed E-state index contributed by atoms with van der Waals surface area (Å²) >= 11 is 0. The van der Waals surface area contributed by atoms with Crippen molar-refractivity contribution < 1.29 is 4.74 Å². The van der Waals surface area contributed by atoms with E-state index < -0.39 is 0 Å². The van der Waals surface area contributed by atoms with Crippen molar-refractivity contribution in [2.45, 2.75) is 6.42 Å². The maximum Gasteiger partial charge on any atom is 0.162 e. The van der Waals surface area contributed by atoms with Gasteiger partial charge in [0.2, 0.25) is 0 Å². The lowest BCUT2D eigenvalue weighted by Gasteiger charge is -2.19. The molecule has 27 heavy (non-hydrogen) atoms. The largest absolute Gasteiger partial charge is 0.488 e. The first kappa shape index (κ1) is 14.6. The van der Waals surface area contributed by atoms with E-state index in [2.05, 4.69) is 69.6 Å². The summed E-state index contributed by atoms with van der Waals surface area (Å²) in [5, 5.41) is 2.44. The van der Waals surface area contributed by atoms with Gasteiger partial charge in [-0.3, -0.25) is 0 Å². The molecule has 2 aliphatic rings. The first-order chi connectivity index (χ1) is 13.4. The summed E-state index contributed by atoms with van der Waals surface area (Å²) in [4.78, 5) is 12.5. The lowest BCUT2D eigenvalue weighted by Crippen LogP contribution is -2.04. The number of hydrogen-bond acceptors (Lipinski definition) is 4. The molecule has 0 unspecified atom stereocenters. The van der Waals surface area contributed by atoms with Gasteiger partial charge in [-0.15, -0.1) is 0 Å². The van der Waals surface area contributed by atoms with E-state index in [-0.39, 0.29) is 0 Å². The molecule has 1 aliphatic carbocycles. The third-order valence-electron chi connectivity index (χ3n) is 5.41. The van der Waals surface area contributed by atoms with Gasteiger partial charge in [0.1, 0.15) is 25.0 Å². The van der Waals surface area contributed by atoms with E-state index in [1.807, 2.05) is 0 Å². The SMILES string of the molecule is C1=Cc2c3c(c4ccccc4c2OC1)-c1ccc(-c2ncncn2)cc1C3. The number of benzene rings is 3. The second-order valence-electron chi connectivity index (χ2n) is 6.87. The van der Waals surface area contributed by atoms with Crippen LogP contribution in [0, 0.1) is 0 Å². The van der Waals surface area contributed by atoms with Crippen LogP contribution >= 0.6 is 0 Å². The van der Waals surface area contributed by atoms with Crippen LogP contribution in [0.25, 0.3) is 39.4 Å². The van der Waals surface area contributed by atoms with Gasteiger partial charge in [0, 0.05) is 16.5 Å². The van der Waals surface area contributed by atoms with Gasteiger partial charge >= 0.3 is 0 Å². The zero-order valence-corrected chi connectivity index (χ0v) is 14.5.